The molecule has 1 fully saturated rings. The van der Waals surface area contributed by atoms with Crippen LogP contribution in [0, 0.1) is 25.7 Å². The van der Waals surface area contributed by atoms with Gasteiger partial charge < -0.3 is 0 Å². The number of hydrogen-bond donors (Lipinski definition) is 0. The molecule has 0 spiro atoms. The van der Waals surface area contributed by atoms with Crippen molar-refractivity contribution < 1.29 is 0 Å². The van der Waals surface area contributed by atoms with Crippen LogP contribution in [0.5, 0.6) is 0 Å². The van der Waals surface area contributed by atoms with Crippen LogP contribution in [0.4, 0.5) is 0 Å². The molecule has 98 valence electrons. The van der Waals surface area contributed by atoms with Crippen molar-refractivity contribution >= 4 is 0 Å². The smallest absolute Gasteiger partial charge is 0.125 e. The van der Waals surface area contributed by atoms with E-state index in [0.717, 1.165) is 23.2 Å². The molecule has 1 saturated carbocycles. The summed E-state index contributed by atoms with van der Waals surface area (Å²) in [7, 11) is 0. The minimum absolute atomic E-state index is 0. The summed E-state index contributed by atoms with van der Waals surface area (Å²) in [6.07, 6.45) is 9.51. The Hall–Kier alpha value is -0.920. The summed E-state index contributed by atoms with van der Waals surface area (Å²) in [5.41, 5.74) is 1.11. The predicted octanol–water partition coefficient (Wildman–Crippen LogP) is 4.56. The first-order valence-electron chi connectivity index (χ1n) is 6.33. The largest absolute Gasteiger partial charge is 0.241 e. The minimum atomic E-state index is 0. The maximum absolute atomic E-state index is 3.97. The molecule has 1 aliphatic carbocycles. The zero-order valence-corrected chi connectivity index (χ0v) is 11.0. The van der Waals surface area contributed by atoms with Crippen LogP contribution >= 0.6 is 0 Å². The lowest BCUT2D eigenvalue weighted by Gasteiger charge is -2.22. The Kier molecular flexibility index (Phi) is 7.77. The first-order chi connectivity index (χ1) is 7.58. The van der Waals surface area contributed by atoms with Crippen molar-refractivity contribution in [2.45, 2.75) is 60.8 Å². The zero-order valence-electron chi connectivity index (χ0n) is 11.0. The lowest BCUT2D eigenvalue weighted by molar-refractivity contribution is 0.308. The van der Waals surface area contributed by atoms with E-state index in [2.05, 4.69) is 23.8 Å². The summed E-state index contributed by atoms with van der Waals surface area (Å²) in [6.45, 7) is 8.58. The third kappa shape index (κ3) is 7.09. The molecule has 2 nitrogen and oxygen atoms in total. The Bertz CT molecular complexity index is 253. The molecule has 0 unspecified atom stereocenters. The second-order valence-electron chi connectivity index (χ2n) is 5.17. The van der Waals surface area contributed by atoms with Gasteiger partial charge in [0.2, 0.25) is 0 Å². The van der Waals surface area contributed by atoms with Gasteiger partial charge in [-0.1, -0.05) is 47.0 Å². The Morgan fingerprint density at radius 1 is 0.882 bits per heavy atom. The molecule has 1 aliphatic rings. The van der Waals surface area contributed by atoms with Crippen LogP contribution in [0.15, 0.2) is 12.4 Å². The van der Waals surface area contributed by atoms with Gasteiger partial charge in [0, 0.05) is 12.4 Å². The van der Waals surface area contributed by atoms with Crippen molar-refractivity contribution in [1.29, 1.82) is 0 Å². The van der Waals surface area contributed by atoms with Crippen molar-refractivity contribution in [1.82, 2.24) is 9.97 Å². The molecule has 0 atom stereocenters. The van der Waals surface area contributed by atoms with Crippen molar-refractivity contribution in [3.8, 4) is 0 Å². The summed E-state index contributed by atoms with van der Waals surface area (Å²) >= 11 is 0. The summed E-state index contributed by atoms with van der Waals surface area (Å²) < 4.78 is 0. The molecule has 0 N–H and O–H groups in total. The van der Waals surface area contributed by atoms with Crippen LogP contribution in [0.2, 0.25) is 0 Å². The average Bonchev–Trinajstić information content (AvgIpc) is 2.28. The Labute approximate surface area is 107 Å². The van der Waals surface area contributed by atoms with Gasteiger partial charge in [-0.2, -0.15) is 0 Å². The van der Waals surface area contributed by atoms with Crippen LogP contribution in [0.25, 0.3) is 0 Å². The highest BCUT2D eigenvalue weighted by atomic mass is 14.8. The fraction of sp³-hybridized carbons (Fsp3) is 0.733. The van der Waals surface area contributed by atoms with E-state index in [1.54, 1.807) is 0 Å². The lowest BCUT2D eigenvalue weighted by Crippen LogP contribution is -2.08. The normalized spacial score (nSPS) is 23.1. The van der Waals surface area contributed by atoms with Crippen molar-refractivity contribution in [2.24, 2.45) is 11.8 Å². The van der Waals surface area contributed by atoms with E-state index in [1.807, 2.05) is 26.2 Å². The van der Waals surface area contributed by atoms with Gasteiger partial charge >= 0.3 is 0 Å². The second kappa shape index (κ2) is 8.21. The molecule has 0 amide bonds. The van der Waals surface area contributed by atoms with Crippen LogP contribution in [0.1, 0.15) is 58.3 Å². The van der Waals surface area contributed by atoms with Gasteiger partial charge in [-0.05, 0) is 31.2 Å². The molecule has 0 bridgehead atoms. The molecular weight excluding hydrogens is 208 g/mol. The van der Waals surface area contributed by atoms with Crippen molar-refractivity contribution in [3.05, 3.63) is 23.8 Å². The van der Waals surface area contributed by atoms with Crippen molar-refractivity contribution in [2.75, 3.05) is 0 Å². The van der Waals surface area contributed by atoms with Gasteiger partial charge in [-0.15, -0.1) is 0 Å². The van der Waals surface area contributed by atoms with Gasteiger partial charge in [0.1, 0.15) is 5.82 Å². The maximum Gasteiger partial charge on any atom is 0.125 e. The number of aryl methyl sites for hydroxylation is 2. The van der Waals surface area contributed by atoms with Crippen LogP contribution < -0.4 is 0 Å². The van der Waals surface area contributed by atoms with E-state index in [1.165, 1.54) is 25.7 Å². The molecule has 1 aromatic heterocycles. The van der Waals surface area contributed by atoms with Gasteiger partial charge in [-0.3, -0.25) is 0 Å². The lowest BCUT2D eigenvalue weighted by atomic mass is 9.84. The van der Waals surface area contributed by atoms with Gasteiger partial charge in [0.15, 0.2) is 0 Å². The van der Waals surface area contributed by atoms with E-state index < -0.39 is 0 Å². The Morgan fingerprint density at radius 2 is 1.24 bits per heavy atom. The number of rotatable bonds is 0. The number of nitrogens with zero attached hydrogens (tertiary/aromatic N) is 2. The Morgan fingerprint density at radius 3 is 1.53 bits per heavy atom. The predicted molar refractivity (Wildman–Crippen MR) is 75.0 cm³/mol. The first-order valence-corrected chi connectivity index (χ1v) is 6.33. The minimum Gasteiger partial charge on any atom is -0.241 e. The molecule has 1 heterocycles. The molecule has 0 aliphatic heterocycles. The van der Waals surface area contributed by atoms with Crippen LogP contribution in [-0.4, -0.2) is 9.97 Å². The van der Waals surface area contributed by atoms with Crippen molar-refractivity contribution in [3.63, 3.8) is 0 Å². The highest BCUT2D eigenvalue weighted by Crippen LogP contribution is 2.27. The molecule has 17 heavy (non-hydrogen) atoms. The van der Waals surface area contributed by atoms with Crippen LogP contribution in [-0.2, 0) is 0 Å². The highest BCUT2D eigenvalue weighted by molar-refractivity contribution is 5.00. The quantitative estimate of drug-likeness (QED) is 0.660. The second-order valence-corrected chi connectivity index (χ2v) is 5.17. The number of hydrogen-bond acceptors (Lipinski definition) is 2. The van der Waals surface area contributed by atoms with E-state index >= 15 is 0 Å². The fourth-order valence-electron chi connectivity index (χ4n) is 1.88. The summed E-state index contributed by atoms with van der Waals surface area (Å²) in [5, 5.41) is 0. The average molecular weight is 236 g/mol. The van der Waals surface area contributed by atoms with E-state index in [4.69, 9.17) is 0 Å². The summed E-state index contributed by atoms with van der Waals surface area (Å²) in [4.78, 5) is 7.94. The third-order valence-corrected chi connectivity index (χ3v) is 3.21. The highest BCUT2D eigenvalue weighted by Gasteiger charge is 2.13. The SMILES string of the molecule is C.CC1CCC(C)CC1.Cc1cnc(C)nc1. The molecule has 0 saturated heterocycles. The summed E-state index contributed by atoms with van der Waals surface area (Å²) in [5.74, 6) is 2.87. The molecule has 2 rings (SSSR count). The molecule has 1 aromatic rings. The van der Waals surface area contributed by atoms with Crippen LogP contribution in [0.3, 0.4) is 0 Å². The zero-order chi connectivity index (χ0) is 12.0. The topological polar surface area (TPSA) is 25.8 Å². The monoisotopic (exact) mass is 236 g/mol. The fourth-order valence-corrected chi connectivity index (χ4v) is 1.88. The van der Waals surface area contributed by atoms with E-state index in [0.29, 0.717) is 0 Å². The van der Waals surface area contributed by atoms with E-state index in [9.17, 15) is 0 Å². The van der Waals surface area contributed by atoms with E-state index in [-0.39, 0.29) is 7.43 Å². The van der Waals surface area contributed by atoms with Gasteiger partial charge in [0.05, 0.1) is 0 Å². The summed E-state index contributed by atoms with van der Waals surface area (Å²) in [6, 6.07) is 0. The van der Waals surface area contributed by atoms with Gasteiger partial charge in [0.25, 0.3) is 0 Å². The standard InChI is InChI=1S/C8H16.C6H8N2.CH4/c1-7-3-5-8(2)6-4-7;1-5-3-7-6(2)8-4-5;/h7-8H,3-6H2,1-2H3;3-4H,1-2H3;1H4. The maximum atomic E-state index is 3.97. The first kappa shape index (κ1) is 16.1. The molecule has 0 aromatic carbocycles. The third-order valence-electron chi connectivity index (χ3n) is 3.21. The molecular formula is C15H28N2. The molecule has 0 radical (unpaired) electrons. The number of aromatic nitrogens is 2. The Balaban J connectivity index is 0.000000284. The molecule has 2 heteroatoms. The van der Waals surface area contributed by atoms with Gasteiger partial charge in [-0.25, -0.2) is 9.97 Å².